The van der Waals surface area contributed by atoms with E-state index < -0.39 is 11.8 Å². The number of carbonyl (C=O) groups is 1. The first-order valence-corrected chi connectivity index (χ1v) is 7.17. The molecule has 0 aliphatic carbocycles. The van der Waals surface area contributed by atoms with Gasteiger partial charge in [-0.15, -0.1) is 0 Å². The minimum atomic E-state index is -1.05. The first kappa shape index (κ1) is 16.6. The minimum Gasteiger partial charge on any atom is -0.478 e. The van der Waals surface area contributed by atoms with Gasteiger partial charge in [-0.1, -0.05) is 33.1 Å². The Bertz CT molecular complexity index is 432. The minimum absolute atomic E-state index is 0.105. The van der Waals surface area contributed by atoms with Crippen LogP contribution in [0.25, 0.3) is 0 Å². The first-order valence-electron chi connectivity index (χ1n) is 7.17. The van der Waals surface area contributed by atoms with Gasteiger partial charge in [-0.05, 0) is 36.1 Å². The predicted octanol–water partition coefficient (Wildman–Crippen LogP) is 4.26. The molecule has 1 aromatic carbocycles. The number of carboxylic acids is 1. The topological polar surface area (TPSA) is 46.5 Å². The fraction of sp³-hybridized carbons (Fsp3) is 0.562. The summed E-state index contributed by atoms with van der Waals surface area (Å²) in [5, 5.41) is 9.05. The van der Waals surface area contributed by atoms with Crippen LogP contribution in [0.15, 0.2) is 18.2 Å². The zero-order valence-corrected chi connectivity index (χ0v) is 12.2. The summed E-state index contributed by atoms with van der Waals surface area (Å²) in [6.07, 6.45) is 4.47. The van der Waals surface area contributed by atoms with Crippen LogP contribution in [0.5, 0.6) is 0 Å². The summed E-state index contributed by atoms with van der Waals surface area (Å²) in [7, 11) is 0. The zero-order chi connectivity index (χ0) is 15.0. The standard InChI is InChI=1S/C16H23FO3/c1-3-5-6-12(4-2)10-20-11-13-9-14(17)7-8-15(13)16(18)19/h7-9,12H,3-6,10-11H2,1-2H3,(H,18,19). The molecular weight excluding hydrogens is 259 g/mol. The van der Waals surface area contributed by atoms with Gasteiger partial charge in [-0.3, -0.25) is 0 Å². The predicted molar refractivity (Wildman–Crippen MR) is 76.3 cm³/mol. The number of benzene rings is 1. The van der Waals surface area contributed by atoms with Crippen LogP contribution in [0.4, 0.5) is 4.39 Å². The van der Waals surface area contributed by atoms with Crippen LogP contribution in [0.2, 0.25) is 0 Å². The number of aromatic carboxylic acids is 1. The van der Waals surface area contributed by atoms with Gasteiger partial charge in [0.15, 0.2) is 0 Å². The molecule has 0 spiro atoms. The van der Waals surface area contributed by atoms with Gasteiger partial charge in [0.2, 0.25) is 0 Å². The van der Waals surface area contributed by atoms with E-state index in [1.54, 1.807) is 0 Å². The van der Waals surface area contributed by atoms with Crippen molar-refractivity contribution in [3.8, 4) is 0 Å². The van der Waals surface area contributed by atoms with E-state index in [0.717, 1.165) is 25.3 Å². The quantitative estimate of drug-likeness (QED) is 0.736. The van der Waals surface area contributed by atoms with Crippen LogP contribution in [0.3, 0.4) is 0 Å². The fourth-order valence-corrected chi connectivity index (χ4v) is 2.12. The normalized spacial score (nSPS) is 12.3. The number of unbranched alkanes of at least 4 members (excludes halogenated alkanes) is 1. The molecule has 1 N–H and O–H groups in total. The summed E-state index contributed by atoms with van der Waals surface area (Å²) in [4.78, 5) is 11.0. The molecule has 0 heterocycles. The van der Waals surface area contributed by atoms with Crippen molar-refractivity contribution in [1.29, 1.82) is 0 Å². The molecule has 0 aromatic heterocycles. The molecule has 1 aromatic rings. The molecule has 3 nitrogen and oxygen atoms in total. The second kappa shape index (κ2) is 8.69. The van der Waals surface area contributed by atoms with Gasteiger partial charge < -0.3 is 9.84 Å². The lowest BCUT2D eigenvalue weighted by molar-refractivity contribution is 0.0669. The lowest BCUT2D eigenvalue weighted by atomic mass is 10.0. The van der Waals surface area contributed by atoms with Crippen molar-refractivity contribution in [2.75, 3.05) is 6.61 Å². The average Bonchev–Trinajstić information content (AvgIpc) is 2.42. The van der Waals surface area contributed by atoms with E-state index in [2.05, 4.69) is 13.8 Å². The highest BCUT2D eigenvalue weighted by Gasteiger charge is 2.12. The second-order valence-corrected chi connectivity index (χ2v) is 5.04. The lowest BCUT2D eigenvalue weighted by Gasteiger charge is -2.15. The largest absolute Gasteiger partial charge is 0.478 e. The second-order valence-electron chi connectivity index (χ2n) is 5.04. The molecule has 20 heavy (non-hydrogen) atoms. The molecule has 1 atom stereocenters. The molecule has 0 fully saturated rings. The van der Waals surface area contributed by atoms with E-state index in [1.165, 1.54) is 18.6 Å². The maximum absolute atomic E-state index is 13.2. The molecule has 1 unspecified atom stereocenters. The van der Waals surface area contributed by atoms with E-state index in [-0.39, 0.29) is 12.2 Å². The van der Waals surface area contributed by atoms with E-state index in [1.807, 2.05) is 0 Å². The number of halogens is 1. The SMILES string of the molecule is CCCCC(CC)COCc1cc(F)ccc1C(=O)O. The van der Waals surface area contributed by atoms with Crippen LogP contribution in [-0.2, 0) is 11.3 Å². The van der Waals surface area contributed by atoms with Gasteiger partial charge in [-0.2, -0.15) is 0 Å². The van der Waals surface area contributed by atoms with E-state index >= 15 is 0 Å². The van der Waals surface area contributed by atoms with Crippen molar-refractivity contribution >= 4 is 5.97 Å². The van der Waals surface area contributed by atoms with Crippen molar-refractivity contribution in [3.63, 3.8) is 0 Å². The zero-order valence-electron chi connectivity index (χ0n) is 12.2. The molecule has 0 amide bonds. The first-order chi connectivity index (χ1) is 9.58. The van der Waals surface area contributed by atoms with Gasteiger partial charge in [0.05, 0.1) is 12.2 Å². The van der Waals surface area contributed by atoms with Crippen molar-refractivity contribution < 1.29 is 19.0 Å². The Hall–Kier alpha value is -1.42. The smallest absolute Gasteiger partial charge is 0.336 e. The van der Waals surface area contributed by atoms with Crippen molar-refractivity contribution in [2.45, 2.75) is 46.1 Å². The molecule has 0 radical (unpaired) electrons. The third-order valence-corrected chi connectivity index (χ3v) is 3.45. The summed E-state index contributed by atoms with van der Waals surface area (Å²) in [5.74, 6) is -1.01. The molecule has 0 aliphatic rings. The Labute approximate surface area is 119 Å². The Morgan fingerprint density at radius 2 is 2.15 bits per heavy atom. The van der Waals surface area contributed by atoms with Gasteiger partial charge in [-0.25, -0.2) is 9.18 Å². The van der Waals surface area contributed by atoms with Gasteiger partial charge in [0.25, 0.3) is 0 Å². The molecule has 1 rings (SSSR count). The highest BCUT2D eigenvalue weighted by molar-refractivity contribution is 5.89. The van der Waals surface area contributed by atoms with E-state index in [9.17, 15) is 9.18 Å². The Morgan fingerprint density at radius 1 is 1.40 bits per heavy atom. The fourth-order valence-electron chi connectivity index (χ4n) is 2.12. The summed E-state index contributed by atoms with van der Waals surface area (Å²) < 4.78 is 18.8. The van der Waals surface area contributed by atoms with E-state index in [0.29, 0.717) is 18.1 Å². The number of hydrogen-bond donors (Lipinski definition) is 1. The third-order valence-electron chi connectivity index (χ3n) is 3.45. The molecule has 0 bridgehead atoms. The summed E-state index contributed by atoms with van der Waals surface area (Å²) >= 11 is 0. The van der Waals surface area contributed by atoms with Crippen LogP contribution >= 0.6 is 0 Å². The summed E-state index contributed by atoms with van der Waals surface area (Å²) in [6.45, 7) is 5.00. The molecule has 0 saturated heterocycles. The maximum Gasteiger partial charge on any atom is 0.336 e. The maximum atomic E-state index is 13.2. The summed E-state index contributed by atoms with van der Waals surface area (Å²) in [5.41, 5.74) is 0.496. The van der Waals surface area contributed by atoms with Gasteiger partial charge in [0.1, 0.15) is 5.82 Å². The lowest BCUT2D eigenvalue weighted by Crippen LogP contribution is -2.11. The Balaban J connectivity index is 2.56. The molecular formula is C16H23FO3. The molecule has 0 aliphatic heterocycles. The summed E-state index contributed by atoms with van der Waals surface area (Å²) in [6, 6.07) is 3.67. The van der Waals surface area contributed by atoms with E-state index in [4.69, 9.17) is 9.84 Å². The highest BCUT2D eigenvalue weighted by atomic mass is 19.1. The van der Waals surface area contributed by atoms with Crippen LogP contribution in [-0.4, -0.2) is 17.7 Å². The Kier molecular flexibility index (Phi) is 7.23. The number of ether oxygens (including phenoxy) is 1. The molecule has 112 valence electrons. The van der Waals surface area contributed by atoms with Crippen LogP contribution in [0, 0.1) is 11.7 Å². The van der Waals surface area contributed by atoms with Crippen LogP contribution < -0.4 is 0 Å². The third kappa shape index (κ3) is 5.29. The highest BCUT2D eigenvalue weighted by Crippen LogP contribution is 2.16. The van der Waals surface area contributed by atoms with Crippen molar-refractivity contribution in [2.24, 2.45) is 5.92 Å². The van der Waals surface area contributed by atoms with Gasteiger partial charge >= 0.3 is 5.97 Å². The van der Waals surface area contributed by atoms with Crippen LogP contribution in [0.1, 0.15) is 55.5 Å². The monoisotopic (exact) mass is 282 g/mol. The number of carboxylic acid groups (broad SMARTS) is 1. The number of hydrogen-bond acceptors (Lipinski definition) is 2. The van der Waals surface area contributed by atoms with Gasteiger partial charge in [0, 0.05) is 6.61 Å². The van der Waals surface area contributed by atoms with Crippen molar-refractivity contribution in [3.05, 3.63) is 35.1 Å². The Morgan fingerprint density at radius 3 is 2.75 bits per heavy atom. The molecule has 4 heteroatoms. The van der Waals surface area contributed by atoms with Crippen molar-refractivity contribution in [1.82, 2.24) is 0 Å². The number of rotatable bonds is 9. The average molecular weight is 282 g/mol. The molecule has 0 saturated carbocycles.